The van der Waals surface area contributed by atoms with E-state index in [-0.39, 0.29) is 43.8 Å². The average molecular weight is 690 g/mol. The molecule has 0 aromatic heterocycles. The van der Waals surface area contributed by atoms with E-state index in [9.17, 15) is 24.3 Å². The van der Waals surface area contributed by atoms with Gasteiger partial charge in [0.15, 0.2) is 13.9 Å². The Hall–Kier alpha value is -3.54. The predicted octanol–water partition coefficient (Wildman–Crippen LogP) is 5.61. The smallest absolute Gasteiger partial charge is 0.264 e. The van der Waals surface area contributed by atoms with Crippen molar-refractivity contribution in [3.05, 3.63) is 94.5 Å². The minimum atomic E-state index is -3.02. The Kier molecular flexibility index (Phi) is 9.84. The van der Waals surface area contributed by atoms with E-state index in [4.69, 9.17) is 16.3 Å². The number of halogens is 1. The van der Waals surface area contributed by atoms with E-state index in [0.29, 0.717) is 35.8 Å². The lowest BCUT2D eigenvalue weighted by atomic mass is 9.82. The maximum atomic E-state index is 14.8. The van der Waals surface area contributed by atoms with Crippen molar-refractivity contribution < 1.29 is 29.0 Å². The standard InChI is InChI=1S/C37H44ClN3O6Si/c1-25-35(48(2,3)46)32(22-34(44)39(18-19-42)23-26-10-5-4-6-11-26)47-37(25)30-21-28(38)15-16-31(30)41(36(37)45)24-27-12-9-13-29(20-27)40-17-8-7-14-33(40)43/h4-6,9-13,15-16,20-21,25,32,35,42,46H,7-8,14,17-19,22-24H2,1-3H3/t25-,32+,35-,37+/m1/s1. The van der Waals surface area contributed by atoms with E-state index in [1.165, 1.54) is 0 Å². The molecule has 3 heterocycles. The molecule has 11 heteroatoms. The molecule has 2 saturated heterocycles. The second-order valence-electron chi connectivity index (χ2n) is 13.8. The molecular formula is C37H44ClN3O6Si. The molecule has 4 atom stereocenters. The molecule has 1 spiro atoms. The van der Waals surface area contributed by atoms with Crippen LogP contribution in [0.2, 0.25) is 23.7 Å². The monoisotopic (exact) mass is 689 g/mol. The van der Waals surface area contributed by atoms with Crippen LogP contribution in [-0.4, -0.2) is 66.6 Å². The summed E-state index contributed by atoms with van der Waals surface area (Å²) in [6, 6.07) is 22.7. The summed E-state index contributed by atoms with van der Waals surface area (Å²) in [6.07, 6.45) is 1.59. The highest BCUT2D eigenvalue weighted by Crippen LogP contribution is 2.60. The zero-order chi connectivity index (χ0) is 34.2. The lowest BCUT2D eigenvalue weighted by Gasteiger charge is -2.32. The minimum absolute atomic E-state index is 0.0460. The fourth-order valence-corrected chi connectivity index (χ4v) is 10.7. The Morgan fingerprint density at radius 2 is 1.79 bits per heavy atom. The Labute approximate surface area is 288 Å². The van der Waals surface area contributed by atoms with Crippen LogP contribution < -0.4 is 9.80 Å². The van der Waals surface area contributed by atoms with Crippen molar-refractivity contribution in [1.82, 2.24) is 4.90 Å². The summed E-state index contributed by atoms with van der Waals surface area (Å²) in [5, 5.41) is 10.3. The Morgan fingerprint density at radius 1 is 1.04 bits per heavy atom. The van der Waals surface area contributed by atoms with Crippen molar-refractivity contribution in [2.45, 2.75) is 76.0 Å². The van der Waals surface area contributed by atoms with Crippen LogP contribution in [0.1, 0.15) is 49.3 Å². The maximum Gasteiger partial charge on any atom is 0.264 e. The molecule has 6 rings (SSSR count). The highest BCUT2D eigenvalue weighted by molar-refractivity contribution is 6.71. The lowest BCUT2D eigenvalue weighted by molar-refractivity contribution is -0.150. The zero-order valence-corrected chi connectivity index (χ0v) is 29.5. The van der Waals surface area contributed by atoms with Gasteiger partial charge in [0.25, 0.3) is 5.91 Å². The van der Waals surface area contributed by atoms with E-state index in [1.807, 2.05) is 85.6 Å². The molecule has 2 fully saturated rings. The zero-order valence-electron chi connectivity index (χ0n) is 27.8. The molecule has 3 aromatic rings. The number of carbonyl (C=O) groups excluding carboxylic acids is 3. The first-order valence-corrected chi connectivity index (χ1v) is 20.2. The second kappa shape index (κ2) is 13.8. The third kappa shape index (κ3) is 6.44. The van der Waals surface area contributed by atoms with Crippen molar-refractivity contribution in [3.8, 4) is 0 Å². The molecule has 48 heavy (non-hydrogen) atoms. The summed E-state index contributed by atoms with van der Waals surface area (Å²) in [5.41, 5.74) is 2.01. The van der Waals surface area contributed by atoms with E-state index >= 15 is 0 Å². The summed E-state index contributed by atoms with van der Waals surface area (Å²) < 4.78 is 6.87. The van der Waals surface area contributed by atoms with Crippen molar-refractivity contribution in [3.63, 3.8) is 0 Å². The molecule has 0 saturated carbocycles. The first-order valence-electron chi connectivity index (χ1n) is 16.8. The molecular weight excluding hydrogens is 646 g/mol. The van der Waals surface area contributed by atoms with Crippen LogP contribution in [0.5, 0.6) is 0 Å². The van der Waals surface area contributed by atoms with Gasteiger partial charge in [-0.3, -0.25) is 14.4 Å². The maximum absolute atomic E-state index is 14.8. The van der Waals surface area contributed by atoms with E-state index in [1.54, 1.807) is 21.9 Å². The molecule has 3 aliphatic heterocycles. The number of ether oxygens (including phenoxy) is 1. The van der Waals surface area contributed by atoms with Crippen LogP contribution in [0, 0.1) is 5.92 Å². The van der Waals surface area contributed by atoms with Gasteiger partial charge in [-0.2, -0.15) is 0 Å². The van der Waals surface area contributed by atoms with E-state index in [0.717, 1.165) is 29.7 Å². The van der Waals surface area contributed by atoms with Crippen LogP contribution in [0.25, 0.3) is 0 Å². The SMILES string of the molecule is C[C@@H]1[C@@H]([Si](C)(C)O)[C@H](CC(=O)N(CCO)Cc2ccccc2)O[C@@]12C(=O)N(Cc1cccc(N3CCCCC3=O)c1)c1ccc(Cl)cc12. The number of aliphatic hydroxyl groups excluding tert-OH is 1. The third-order valence-corrected chi connectivity index (χ3v) is 12.9. The minimum Gasteiger partial charge on any atom is -0.432 e. The molecule has 2 N–H and O–H groups in total. The summed E-state index contributed by atoms with van der Waals surface area (Å²) in [6.45, 7) is 6.79. The predicted molar refractivity (Wildman–Crippen MR) is 188 cm³/mol. The summed E-state index contributed by atoms with van der Waals surface area (Å²) in [4.78, 5) is 58.2. The fourth-order valence-electron chi connectivity index (χ4n) is 8.01. The first-order chi connectivity index (χ1) is 22.9. The molecule has 9 nitrogen and oxygen atoms in total. The van der Waals surface area contributed by atoms with Crippen molar-refractivity contribution in [1.29, 1.82) is 0 Å². The molecule has 0 aliphatic carbocycles. The normalized spacial score (nSPS) is 24.0. The highest BCUT2D eigenvalue weighted by atomic mass is 35.5. The van der Waals surface area contributed by atoms with Gasteiger partial charge in [-0.15, -0.1) is 0 Å². The molecule has 0 bridgehead atoms. The Balaban J connectivity index is 1.33. The number of rotatable bonds is 10. The van der Waals surface area contributed by atoms with E-state index in [2.05, 4.69) is 0 Å². The Morgan fingerprint density at radius 3 is 2.50 bits per heavy atom. The lowest BCUT2D eigenvalue weighted by Crippen LogP contribution is -2.46. The van der Waals surface area contributed by atoms with Gasteiger partial charge >= 0.3 is 0 Å². The number of anilines is 2. The number of piperidine rings is 1. The van der Waals surface area contributed by atoms with Gasteiger partial charge in [-0.05, 0) is 67.4 Å². The number of hydrogen-bond acceptors (Lipinski definition) is 6. The van der Waals surface area contributed by atoms with Crippen LogP contribution in [0.3, 0.4) is 0 Å². The molecule has 0 radical (unpaired) electrons. The molecule has 3 aliphatic rings. The molecule has 3 aromatic carbocycles. The highest BCUT2D eigenvalue weighted by Gasteiger charge is 2.66. The van der Waals surface area contributed by atoms with E-state index < -0.39 is 31.5 Å². The molecule has 3 amide bonds. The van der Waals surface area contributed by atoms with Crippen molar-refractivity contribution >= 4 is 49.0 Å². The number of amides is 3. The molecule has 254 valence electrons. The Bertz CT molecular complexity index is 1680. The van der Waals surface area contributed by atoms with Gasteiger partial charge in [0, 0.05) is 53.8 Å². The van der Waals surface area contributed by atoms with Gasteiger partial charge in [0.1, 0.15) is 0 Å². The number of aliphatic hydroxyl groups is 1. The number of carbonyl (C=O) groups is 3. The number of benzene rings is 3. The number of nitrogens with zero attached hydrogens (tertiary/aromatic N) is 3. The summed E-state index contributed by atoms with van der Waals surface area (Å²) >= 11 is 6.56. The molecule has 0 unspecified atom stereocenters. The van der Waals surface area contributed by atoms with Crippen LogP contribution in [0.15, 0.2) is 72.8 Å². The van der Waals surface area contributed by atoms with Gasteiger partial charge in [0.2, 0.25) is 11.8 Å². The fraction of sp³-hybridized carbons (Fsp3) is 0.432. The van der Waals surface area contributed by atoms with Gasteiger partial charge < -0.3 is 29.3 Å². The number of hydrogen-bond donors (Lipinski definition) is 2. The van der Waals surface area contributed by atoms with Gasteiger partial charge in [-0.1, -0.05) is 61.0 Å². The largest absolute Gasteiger partial charge is 0.432 e. The van der Waals surface area contributed by atoms with Crippen LogP contribution in [0.4, 0.5) is 11.4 Å². The number of fused-ring (bicyclic) bond motifs is 2. The van der Waals surface area contributed by atoms with Crippen LogP contribution in [-0.2, 0) is 37.8 Å². The second-order valence-corrected chi connectivity index (χ2v) is 18.2. The van der Waals surface area contributed by atoms with Gasteiger partial charge in [0.05, 0.1) is 31.4 Å². The topological polar surface area (TPSA) is 111 Å². The summed E-state index contributed by atoms with van der Waals surface area (Å²) in [7, 11) is -3.02. The van der Waals surface area contributed by atoms with Crippen molar-refractivity contribution in [2.75, 3.05) is 29.5 Å². The van der Waals surface area contributed by atoms with Gasteiger partial charge in [-0.25, -0.2) is 0 Å². The van der Waals surface area contributed by atoms with Crippen LogP contribution >= 0.6 is 11.6 Å². The average Bonchev–Trinajstić information content (AvgIpc) is 3.47. The quantitative estimate of drug-likeness (QED) is 0.268. The van der Waals surface area contributed by atoms with Crippen molar-refractivity contribution in [2.24, 2.45) is 5.92 Å². The summed E-state index contributed by atoms with van der Waals surface area (Å²) in [5.74, 6) is -0.842. The first kappa shape index (κ1) is 34.3. The third-order valence-electron chi connectivity index (χ3n) is 10.1.